The van der Waals surface area contributed by atoms with Gasteiger partial charge < -0.3 is 45.2 Å². The Bertz CT molecular complexity index is 1530. The van der Waals surface area contributed by atoms with Crippen LogP contribution in [0.1, 0.15) is 45.9 Å². The molecule has 0 amide bonds. The number of aromatic hydroxyl groups is 6. The van der Waals surface area contributed by atoms with E-state index in [1.165, 1.54) is 48.5 Å². The molecule has 0 aromatic heterocycles. The number of phenolic OH excluding ortho intramolecular Hbond substituents is 6. The monoisotopic (exact) mass is 516 g/mol. The number of hydrogen-bond acceptors (Lipinski definition) is 9. The van der Waals surface area contributed by atoms with Gasteiger partial charge in [-0.3, -0.25) is 0 Å². The van der Waals surface area contributed by atoms with Crippen LogP contribution < -0.4 is 9.47 Å². The van der Waals surface area contributed by atoms with Gasteiger partial charge in [-0.05, 0) is 53.1 Å². The fourth-order valence-corrected chi connectivity index (χ4v) is 5.36. The molecule has 6 rings (SSSR count). The van der Waals surface area contributed by atoms with Crippen molar-refractivity contribution < 1.29 is 45.2 Å². The molecule has 9 heteroatoms. The van der Waals surface area contributed by atoms with Crippen LogP contribution in [0.3, 0.4) is 0 Å². The minimum atomic E-state index is -0.968. The molecule has 0 fully saturated rings. The van der Waals surface area contributed by atoms with Crippen molar-refractivity contribution in [3.63, 3.8) is 0 Å². The molecule has 0 saturated carbocycles. The molecule has 0 radical (unpaired) electrons. The number of benzene rings is 4. The van der Waals surface area contributed by atoms with E-state index in [0.29, 0.717) is 33.6 Å². The zero-order chi connectivity index (χ0) is 26.7. The SMILES string of the molecule is Oc1ccc([C@H]2Oc3cc(O)c4c(c3C[C@@H]2O)OC(c2ccc(O)c(O)c2)C4c2cc(O)cc(O)c2)cc1. The Hall–Kier alpha value is -4.76. The third-order valence-corrected chi connectivity index (χ3v) is 7.07. The maximum Gasteiger partial charge on any atom is 0.157 e. The van der Waals surface area contributed by atoms with Crippen LogP contribution in [0.2, 0.25) is 0 Å². The number of aliphatic hydroxyl groups is 1. The predicted octanol–water partition coefficient (Wildman–Crippen LogP) is 4.22. The van der Waals surface area contributed by atoms with Crippen LogP contribution >= 0.6 is 0 Å². The number of phenols is 6. The van der Waals surface area contributed by atoms with Gasteiger partial charge in [-0.1, -0.05) is 18.2 Å². The second kappa shape index (κ2) is 8.67. The van der Waals surface area contributed by atoms with Crippen molar-refractivity contribution in [1.82, 2.24) is 0 Å². The molecule has 2 aliphatic rings. The Balaban J connectivity index is 1.49. The first kappa shape index (κ1) is 23.6. The normalized spacial score (nSPS) is 21.7. The van der Waals surface area contributed by atoms with Crippen LogP contribution in [0, 0.1) is 0 Å². The summed E-state index contributed by atoms with van der Waals surface area (Å²) < 4.78 is 12.5. The van der Waals surface area contributed by atoms with Gasteiger partial charge in [0.1, 0.15) is 46.7 Å². The Morgan fingerprint density at radius 2 is 1.26 bits per heavy atom. The van der Waals surface area contributed by atoms with E-state index in [0.717, 1.165) is 0 Å². The van der Waals surface area contributed by atoms with E-state index >= 15 is 0 Å². The standard InChI is InChI=1S/C29H24O9/c30-16-4-1-13(2-5-16)27-23(36)11-19-24(37-27)12-22(35)26-25(15-7-17(31)10-18(32)8-15)28(38-29(19)26)14-3-6-20(33)21(34)9-14/h1-10,12,23,25,27-28,30-36H,11H2/t23-,25?,27+,28?/m0/s1. The Morgan fingerprint density at radius 1 is 0.579 bits per heavy atom. The van der Waals surface area contributed by atoms with Gasteiger partial charge in [-0.15, -0.1) is 0 Å². The molecular formula is C29H24O9. The Labute approximate surface area is 216 Å². The highest BCUT2D eigenvalue weighted by molar-refractivity contribution is 5.65. The molecule has 4 aromatic carbocycles. The lowest BCUT2D eigenvalue weighted by molar-refractivity contribution is 0.0194. The van der Waals surface area contributed by atoms with Crippen molar-refractivity contribution in [2.75, 3.05) is 0 Å². The summed E-state index contributed by atoms with van der Waals surface area (Å²) in [6, 6.07) is 16.0. The maximum absolute atomic E-state index is 11.2. The first-order chi connectivity index (χ1) is 18.2. The van der Waals surface area contributed by atoms with E-state index in [1.807, 2.05) is 0 Å². The van der Waals surface area contributed by atoms with Gasteiger partial charge in [0, 0.05) is 29.7 Å². The van der Waals surface area contributed by atoms with Crippen LogP contribution in [-0.4, -0.2) is 41.8 Å². The molecule has 4 aromatic rings. The van der Waals surface area contributed by atoms with Gasteiger partial charge in [-0.2, -0.15) is 0 Å². The van der Waals surface area contributed by atoms with Gasteiger partial charge in [0.15, 0.2) is 11.5 Å². The van der Waals surface area contributed by atoms with E-state index in [-0.39, 0.29) is 46.7 Å². The average Bonchev–Trinajstić information content (AvgIpc) is 3.28. The smallest absolute Gasteiger partial charge is 0.157 e. The van der Waals surface area contributed by atoms with E-state index in [9.17, 15) is 35.7 Å². The van der Waals surface area contributed by atoms with Crippen molar-refractivity contribution in [2.24, 2.45) is 0 Å². The van der Waals surface area contributed by atoms with Gasteiger partial charge >= 0.3 is 0 Å². The minimum absolute atomic E-state index is 0.0821. The Kier molecular flexibility index (Phi) is 5.39. The fourth-order valence-electron chi connectivity index (χ4n) is 5.36. The molecule has 2 heterocycles. The molecule has 0 bridgehead atoms. The lowest BCUT2D eigenvalue weighted by Crippen LogP contribution is -2.30. The highest BCUT2D eigenvalue weighted by Crippen LogP contribution is 2.58. The van der Waals surface area contributed by atoms with Gasteiger partial charge in [-0.25, -0.2) is 0 Å². The van der Waals surface area contributed by atoms with Crippen molar-refractivity contribution in [1.29, 1.82) is 0 Å². The molecule has 38 heavy (non-hydrogen) atoms. The molecule has 2 unspecified atom stereocenters. The summed E-state index contributed by atoms with van der Waals surface area (Å²) in [7, 11) is 0. The molecule has 0 spiro atoms. The average molecular weight is 517 g/mol. The third-order valence-electron chi connectivity index (χ3n) is 7.07. The van der Waals surface area contributed by atoms with Crippen molar-refractivity contribution in [2.45, 2.75) is 30.7 Å². The molecule has 9 nitrogen and oxygen atoms in total. The maximum atomic E-state index is 11.2. The largest absolute Gasteiger partial charge is 0.508 e. The summed E-state index contributed by atoms with van der Waals surface area (Å²) in [6.45, 7) is 0. The van der Waals surface area contributed by atoms with Crippen LogP contribution in [0.25, 0.3) is 0 Å². The molecule has 194 valence electrons. The highest BCUT2D eigenvalue weighted by Gasteiger charge is 2.44. The summed E-state index contributed by atoms with van der Waals surface area (Å²) >= 11 is 0. The molecular weight excluding hydrogens is 492 g/mol. The van der Waals surface area contributed by atoms with E-state index in [2.05, 4.69) is 0 Å². The highest BCUT2D eigenvalue weighted by atomic mass is 16.5. The van der Waals surface area contributed by atoms with E-state index in [1.54, 1.807) is 18.2 Å². The van der Waals surface area contributed by atoms with Crippen LogP contribution in [0.5, 0.6) is 46.0 Å². The topological polar surface area (TPSA) is 160 Å². The Morgan fingerprint density at radius 3 is 1.95 bits per heavy atom. The van der Waals surface area contributed by atoms with Crippen molar-refractivity contribution in [3.05, 3.63) is 94.5 Å². The number of rotatable bonds is 3. The first-order valence-electron chi connectivity index (χ1n) is 11.9. The summed E-state index contributed by atoms with van der Waals surface area (Å²) in [5, 5.41) is 72.2. The number of fused-ring (bicyclic) bond motifs is 3. The summed E-state index contributed by atoms with van der Waals surface area (Å²) in [5.41, 5.74) is 2.45. The van der Waals surface area contributed by atoms with Crippen LogP contribution in [0.15, 0.2) is 66.7 Å². The second-order valence-electron chi connectivity index (χ2n) is 9.56. The van der Waals surface area contributed by atoms with Gasteiger partial charge in [0.2, 0.25) is 0 Å². The molecule has 0 saturated heterocycles. The van der Waals surface area contributed by atoms with Gasteiger partial charge in [0.25, 0.3) is 0 Å². The predicted molar refractivity (Wildman–Crippen MR) is 134 cm³/mol. The molecule has 0 aliphatic carbocycles. The number of hydrogen-bond donors (Lipinski definition) is 7. The first-order valence-corrected chi connectivity index (χ1v) is 11.9. The number of aliphatic hydroxyl groups excluding tert-OH is 1. The van der Waals surface area contributed by atoms with Gasteiger partial charge in [0.05, 0.1) is 12.0 Å². The molecule has 7 N–H and O–H groups in total. The zero-order valence-electron chi connectivity index (χ0n) is 19.8. The lowest BCUT2D eigenvalue weighted by Gasteiger charge is -2.32. The van der Waals surface area contributed by atoms with Crippen molar-refractivity contribution >= 4 is 0 Å². The zero-order valence-corrected chi connectivity index (χ0v) is 19.8. The van der Waals surface area contributed by atoms with Crippen molar-refractivity contribution in [3.8, 4) is 46.0 Å². The number of ether oxygens (including phenoxy) is 2. The van der Waals surface area contributed by atoms with Crippen LogP contribution in [-0.2, 0) is 6.42 Å². The third kappa shape index (κ3) is 3.84. The second-order valence-corrected chi connectivity index (χ2v) is 9.56. The van der Waals surface area contributed by atoms with Crippen LogP contribution in [0.4, 0.5) is 0 Å². The minimum Gasteiger partial charge on any atom is -0.508 e. The quantitative estimate of drug-likeness (QED) is 0.198. The fraction of sp³-hybridized carbons (Fsp3) is 0.172. The summed E-state index contributed by atoms with van der Waals surface area (Å²) in [4.78, 5) is 0. The molecule has 2 aliphatic heterocycles. The lowest BCUT2D eigenvalue weighted by atomic mass is 9.83. The summed E-state index contributed by atoms with van der Waals surface area (Å²) in [5.74, 6) is -1.25. The van der Waals surface area contributed by atoms with E-state index < -0.39 is 24.2 Å². The van der Waals surface area contributed by atoms with E-state index in [4.69, 9.17) is 9.47 Å². The summed E-state index contributed by atoms with van der Waals surface area (Å²) in [6.07, 6.45) is -2.41. The molecule has 4 atom stereocenters.